The van der Waals surface area contributed by atoms with Crippen LogP contribution in [0.15, 0.2) is 24.7 Å². The van der Waals surface area contributed by atoms with Crippen molar-refractivity contribution in [3.05, 3.63) is 35.9 Å². The van der Waals surface area contributed by atoms with Crippen molar-refractivity contribution in [3.8, 4) is 0 Å². The van der Waals surface area contributed by atoms with Crippen molar-refractivity contribution in [1.82, 2.24) is 24.9 Å². The summed E-state index contributed by atoms with van der Waals surface area (Å²) < 4.78 is 3.63. The van der Waals surface area contributed by atoms with Gasteiger partial charge in [-0.15, -0.1) is 0 Å². The largest absolute Gasteiger partial charge is 0.305 e. The predicted octanol–water partition coefficient (Wildman–Crippen LogP) is 1.00. The van der Waals surface area contributed by atoms with E-state index >= 15 is 0 Å². The van der Waals surface area contributed by atoms with Crippen LogP contribution in [0.1, 0.15) is 24.2 Å². The Balaban J connectivity index is 1.91. The monoisotopic (exact) mass is 219 g/mol. The van der Waals surface area contributed by atoms with E-state index in [1.807, 2.05) is 48.1 Å². The lowest BCUT2D eigenvalue weighted by Crippen LogP contribution is -2.18. The van der Waals surface area contributed by atoms with E-state index in [9.17, 15) is 0 Å². The fourth-order valence-corrected chi connectivity index (χ4v) is 1.60. The molecule has 0 spiro atoms. The van der Waals surface area contributed by atoms with Crippen molar-refractivity contribution < 1.29 is 0 Å². The molecule has 5 heteroatoms. The fraction of sp³-hybridized carbons (Fsp3) is 0.455. The zero-order valence-corrected chi connectivity index (χ0v) is 9.88. The molecule has 0 saturated heterocycles. The maximum Gasteiger partial charge on any atom is 0.0791 e. The molecule has 2 rings (SSSR count). The van der Waals surface area contributed by atoms with Crippen LogP contribution in [0.3, 0.4) is 0 Å². The molecule has 2 aromatic heterocycles. The normalized spacial score (nSPS) is 12.9. The van der Waals surface area contributed by atoms with Gasteiger partial charge in [0, 0.05) is 44.6 Å². The van der Waals surface area contributed by atoms with E-state index in [0.29, 0.717) is 0 Å². The first-order chi connectivity index (χ1) is 7.65. The predicted molar refractivity (Wildman–Crippen MR) is 61.7 cm³/mol. The summed E-state index contributed by atoms with van der Waals surface area (Å²) in [6, 6.07) is 2.28. The van der Waals surface area contributed by atoms with Crippen LogP contribution in [-0.2, 0) is 20.6 Å². The van der Waals surface area contributed by atoms with Crippen LogP contribution in [0.5, 0.6) is 0 Å². The van der Waals surface area contributed by atoms with Gasteiger partial charge in [-0.2, -0.15) is 10.2 Å². The zero-order chi connectivity index (χ0) is 11.5. The van der Waals surface area contributed by atoms with E-state index in [-0.39, 0.29) is 6.04 Å². The van der Waals surface area contributed by atoms with Crippen molar-refractivity contribution in [2.75, 3.05) is 0 Å². The molecule has 2 heterocycles. The van der Waals surface area contributed by atoms with E-state index in [1.54, 1.807) is 0 Å². The summed E-state index contributed by atoms with van der Waals surface area (Å²) in [4.78, 5) is 0. The van der Waals surface area contributed by atoms with Gasteiger partial charge in [0.25, 0.3) is 0 Å². The SMILES string of the molecule is CC(NCc1cnn(C)c1)c1ccn(C)n1. The molecule has 0 aromatic carbocycles. The van der Waals surface area contributed by atoms with Crippen LogP contribution in [-0.4, -0.2) is 19.6 Å². The quantitative estimate of drug-likeness (QED) is 0.834. The van der Waals surface area contributed by atoms with Gasteiger partial charge in [0.1, 0.15) is 0 Å². The van der Waals surface area contributed by atoms with E-state index in [4.69, 9.17) is 0 Å². The molecular weight excluding hydrogens is 202 g/mol. The van der Waals surface area contributed by atoms with Gasteiger partial charge >= 0.3 is 0 Å². The van der Waals surface area contributed by atoms with Crippen molar-refractivity contribution in [2.45, 2.75) is 19.5 Å². The summed E-state index contributed by atoms with van der Waals surface area (Å²) >= 11 is 0. The maximum absolute atomic E-state index is 4.36. The molecule has 5 nitrogen and oxygen atoms in total. The Morgan fingerprint density at radius 3 is 2.75 bits per heavy atom. The first-order valence-corrected chi connectivity index (χ1v) is 5.35. The summed E-state index contributed by atoms with van der Waals surface area (Å²) in [6.45, 7) is 2.92. The minimum Gasteiger partial charge on any atom is -0.305 e. The Labute approximate surface area is 95.1 Å². The number of hydrogen-bond acceptors (Lipinski definition) is 3. The highest BCUT2D eigenvalue weighted by atomic mass is 15.3. The second-order valence-corrected chi connectivity index (χ2v) is 4.04. The molecular formula is C11H17N5. The second-order valence-electron chi connectivity index (χ2n) is 4.04. The van der Waals surface area contributed by atoms with Crippen LogP contribution in [0.2, 0.25) is 0 Å². The molecule has 0 amide bonds. The minimum atomic E-state index is 0.251. The third-order valence-electron chi connectivity index (χ3n) is 2.55. The highest BCUT2D eigenvalue weighted by Crippen LogP contribution is 2.09. The van der Waals surface area contributed by atoms with Crippen molar-refractivity contribution >= 4 is 0 Å². The Bertz CT molecular complexity index is 456. The Morgan fingerprint density at radius 2 is 2.19 bits per heavy atom. The summed E-state index contributed by atoms with van der Waals surface area (Å²) in [5.74, 6) is 0. The molecule has 0 radical (unpaired) electrons. The molecule has 0 saturated carbocycles. The molecule has 86 valence electrons. The van der Waals surface area contributed by atoms with Crippen LogP contribution >= 0.6 is 0 Å². The number of rotatable bonds is 4. The molecule has 0 aliphatic rings. The van der Waals surface area contributed by atoms with Gasteiger partial charge in [-0.25, -0.2) is 0 Å². The lowest BCUT2D eigenvalue weighted by atomic mass is 10.2. The Kier molecular flexibility index (Phi) is 3.05. The van der Waals surface area contributed by atoms with E-state index in [0.717, 1.165) is 12.2 Å². The van der Waals surface area contributed by atoms with E-state index in [2.05, 4.69) is 22.4 Å². The molecule has 0 fully saturated rings. The smallest absolute Gasteiger partial charge is 0.0791 e. The lowest BCUT2D eigenvalue weighted by molar-refractivity contribution is 0.551. The van der Waals surface area contributed by atoms with E-state index in [1.165, 1.54) is 5.56 Å². The average molecular weight is 219 g/mol. The standard InChI is InChI=1S/C11H17N5/c1-9(11-4-5-15(2)14-11)12-6-10-7-13-16(3)8-10/h4-5,7-9,12H,6H2,1-3H3. The lowest BCUT2D eigenvalue weighted by Gasteiger charge is -2.09. The van der Waals surface area contributed by atoms with Gasteiger partial charge in [-0.1, -0.05) is 0 Å². The van der Waals surface area contributed by atoms with Crippen LogP contribution in [0.4, 0.5) is 0 Å². The number of nitrogens with one attached hydrogen (secondary N) is 1. The fourth-order valence-electron chi connectivity index (χ4n) is 1.60. The number of hydrogen-bond donors (Lipinski definition) is 1. The maximum atomic E-state index is 4.36. The highest BCUT2D eigenvalue weighted by Gasteiger charge is 2.07. The Hall–Kier alpha value is -1.62. The summed E-state index contributed by atoms with van der Waals surface area (Å²) in [7, 11) is 3.85. The van der Waals surface area contributed by atoms with Gasteiger partial charge in [-0.05, 0) is 13.0 Å². The van der Waals surface area contributed by atoms with Crippen LogP contribution in [0.25, 0.3) is 0 Å². The van der Waals surface area contributed by atoms with Gasteiger partial charge < -0.3 is 5.32 Å². The second kappa shape index (κ2) is 4.49. The Morgan fingerprint density at radius 1 is 1.38 bits per heavy atom. The first-order valence-electron chi connectivity index (χ1n) is 5.35. The van der Waals surface area contributed by atoms with Gasteiger partial charge in [0.2, 0.25) is 0 Å². The van der Waals surface area contributed by atoms with Gasteiger partial charge in [0.05, 0.1) is 11.9 Å². The number of aryl methyl sites for hydroxylation is 2. The molecule has 1 atom stereocenters. The summed E-state index contributed by atoms with van der Waals surface area (Å²) in [6.07, 6.45) is 5.84. The third kappa shape index (κ3) is 2.49. The average Bonchev–Trinajstić information content (AvgIpc) is 2.84. The van der Waals surface area contributed by atoms with Crippen molar-refractivity contribution in [1.29, 1.82) is 0 Å². The molecule has 0 bridgehead atoms. The molecule has 0 aliphatic carbocycles. The van der Waals surface area contributed by atoms with Gasteiger partial charge in [-0.3, -0.25) is 9.36 Å². The van der Waals surface area contributed by atoms with Crippen molar-refractivity contribution in [3.63, 3.8) is 0 Å². The summed E-state index contributed by atoms with van der Waals surface area (Å²) in [5.41, 5.74) is 2.25. The molecule has 0 aliphatic heterocycles. The topological polar surface area (TPSA) is 47.7 Å². The zero-order valence-electron chi connectivity index (χ0n) is 9.88. The first kappa shape index (κ1) is 10.9. The van der Waals surface area contributed by atoms with E-state index < -0.39 is 0 Å². The molecule has 16 heavy (non-hydrogen) atoms. The highest BCUT2D eigenvalue weighted by molar-refractivity contribution is 5.07. The van der Waals surface area contributed by atoms with Gasteiger partial charge in [0.15, 0.2) is 0 Å². The van der Waals surface area contributed by atoms with Crippen LogP contribution < -0.4 is 5.32 Å². The molecule has 1 N–H and O–H groups in total. The van der Waals surface area contributed by atoms with Crippen molar-refractivity contribution in [2.24, 2.45) is 14.1 Å². The molecule has 1 unspecified atom stereocenters. The number of aromatic nitrogens is 4. The molecule has 2 aromatic rings. The minimum absolute atomic E-state index is 0.251. The van der Waals surface area contributed by atoms with Crippen LogP contribution in [0, 0.1) is 0 Å². The number of nitrogens with zero attached hydrogens (tertiary/aromatic N) is 4. The summed E-state index contributed by atoms with van der Waals surface area (Å²) in [5, 5.41) is 11.9. The third-order valence-corrected chi connectivity index (χ3v) is 2.55.